The summed E-state index contributed by atoms with van der Waals surface area (Å²) in [5, 5.41) is 9.14. The van der Waals surface area contributed by atoms with Crippen LogP contribution in [-0.4, -0.2) is 31.0 Å². The van der Waals surface area contributed by atoms with Crippen LogP contribution in [0.5, 0.6) is 0 Å². The zero-order chi connectivity index (χ0) is 11.7. The highest BCUT2D eigenvalue weighted by atomic mass is 32.2. The Labute approximate surface area is 90.6 Å². The fourth-order valence-corrected chi connectivity index (χ4v) is 4.05. The Balaban J connectivity index is 2.78. The van der Waals surface area contributed by atoms with Gasteiger partial charge < -0.3 is 5.11 Å². The van der Waals surface area contributed by atoms with E-state index in [1.807, 2.05) is 13.8 Å². The van der Waals surface area contributed by atoms with E-state index in [4.69, 9.17) is 5.11 Å². The van der Waals surface area contributed by atoms with Crippen molar-refractivity contribution in [3.63, 3.8) is 0 Å². The number of carbonyl (C=O) groups is 1. The van der Waals surface area contributed by atoms with Crippen molar-refractivity contribution < 1.29 is 18.3 Å². The molecular weight excluding hydrogens is 216 g/mol. The molecule has 0 bridgehead atoms. The predicted octanol–water partition coefficient (Wildman–Crippen LogP) is 1.31. The third kappa shape index (κ3) is 2.93. The van der Waals surface area contributed by atoms with Gasteiger partial charge in [0.1, 0.15) is 0 Å². The lowest BCUT2D eigenvalue weighted by Gasteiger charge is -2.23. The fraction of sp³-hybridized carbons (Fsp3) is 0.900. The van der Waals surface area contributed by atoms with Gasteiger partial charge in [0, 0.05) is 0 Å². The molecule has 15 heavy (non-hydrogen) atoms. The molecule has 1 aliphatic rings. The summed E-state index contributed by atoms with van der Waals surface area (Å²) in [5.74, 6) is -0.701. The van der Waals surface area contributed by atoms with E-state index < -0.39 is 21.2 Å². The summed E-state index contributed by atoms with van der Waals surface area (Å²) in [7, 11) is -3.13. The molecule has 4 nitrogen and oxygen atoms in total. The van der Waals surface area contributed by atoms with Crippen LogP contribution in [0.15, 0.2) is 0 Å². The number of carboxylic acids is 1. The number of carboxylic acid groups (broad SMARTS) is 1. The summed E-state index contributed by atoms with van der Waals surface area (Å²) < 4.78 is 22.7. The number of aliphatic carboxylic acids is 1. The lowest BCUT2D eigenvalue weighted by atomic mass is 9.81. The molecular formula is C10H18O4S. The molecule has 1 aliphatic heterocycles. The summed E-state index contributed by atoms with van der Waals surface area (Å²) in [6.07, 6.45) is 1.51. The van der Waals surface area contributed by atoms with Crippen LogP contribution in [0.4, 0.5) is 0 Å². The minimum absolute atomic E-state index is 0.0252. The van der Waals surface area contributed by atoms with Gasteiger partial charge in [-0.25, -0.2) is 8.42 Å². The SMILES string of the molecule is CC(C)CCC1(C(=O)O)CCS(=O)(=O)C1. The number of hydrogen-bond acceptors (Lipinski definition) is 3. The third-order valence-corrected chi connectivity index (χ3v) is 4.86. The molecule has 0 saturated carbocycles. The van der Waals surface area contributed by atoms with Gasteiger partial charge in [-0.2, -0.15) is 0 Å². The molecule has 0 aromatic rings. The lowest BCUT2D eigenvalue weighted by molar-refractivity contribution is -0.148. The quantitative estimate of drug-likeness (QED) is 0.796. The van der Waals surface area contributed by atoms with E-state index in [1.165, 1.54) is 0 Å². The van der Waals surface area contributed by atoms with Crippen molar-refractivity contribution in [3.8, 4) is 0 Å². The second-order valence-electron chi connectivity index (χ2n) is 4.86. The molecule has 0 aromatic heterocycles. The number of hydrogen-bond donors (Lipinski definition) is 1. The zero-order valence-electron chi connectivity index (χ0n) is 9.19. The van der Waals surface area contributed by atoms with Crippen LogP contribution in [0.2, 0.25) is 0 Å². The maximum absolute atomic E-state index is 11.3. The van der Waals surface area contributed by atoms with Crippen molar-refractivity contribution in [2.24, 2.45) is 11.3 Å². The molecule has 1 fully saturated rings. The third-order valence-electron chi connectivity index (χ3n) is 3.04. The van der Waals surface area contributed by atoms with Crippen molar-refractivity contribution in [3.05, 3.63) is 0 Å². The van der Waals surface area contributed by atoms with Crippen molar-refractivity contribution in [2.45, 2.75) is 33.1 Å². The van der Waals surface area contributed by atoms with Crippen LogP contribution < -0.4 is 0 Å². The van der Waals surface area contributed by atoms with E-state index in [1.54, 1.807) is 0 Å². The van der Waals surface area contributed by atoms with Crippen LogP contribution in [-0.2, 0) is 14.6 Å². The van der Waals surface area contributed by atoms with E-state index >= 15 is 0 Å². The van der Waals surface area contributed by atoms with Gasteiger partial charge in [0.15, 0.2) is 9.84 Å². The Kier molecular flexibility index (Phi) is 3.43. The Hall–Kier alpha value is -0.580. The van der Waals surface area contributed by atoms with Crippen molar-refractivity contribution >= 4 is 15.8 Å². The van der Waals surface area contributed by atoms with E-state index in [0.29, 0.717) is 12.3 Å². The van der Waals surface area contributed by atoms with E-state index in [9.17, 15) is 13.2 Å². The fourth-order valence-electron chi connectivity index (χ4n) is 1.95. The monoisotopic (exact) mass is 234 g/mol. The maximum Gasteiger partial charge on any atom is 0.310 e. The van der Waals surface area contributed by atoms with Crippen LogP contribution in [0.1, 0.15) is 33.1 Å². The highest BCUT2D eigenvalue weighted by Crippen LogP contribution is 2.38. The zero-order valence-corrected chi connectivity index (χ0v) is 10.0. The normalized spacial score (nSPS) is 29.5. The second-order valence-corrected chi connectivity index (χ2v) is 7.04. The first kappa shape index (κ1) is 12.5. The van der Waals surface area contributed by atoms with Gasteiger partial charge in [-0.1, -0.05) is 13.8 Å². The summed E-state index contributed by atoms with van der Waals surface area (Å²) in [6, 6.07) is 0. The van der Waals surface area contributed by atoms with Crippen molar-refractivity contribution in [2.75, 3.05) is 11.5 Å². The highest BCUT2D eigenvalue weighted by molar-refractivity contribution is 7.91. The molecule has 1 rings (SSSR count). The summed E-state index contributed by atoms with van der Waals surface area (Å²) >= 11 is 0. The highest BCUT2D eigenvalue weighted by Gasteiger charge is 2.47. The molecule has 0 aromatic carbocycles. The average molecular weight is 234 g/mol. The molecule has 0 radical (unpaired) electrons. The Bertz CT molecular complexity index is 344. The Morgan fingerprint density at radius 1 is 1.47 bits per heavy atom. The van der Waals surface area contributed by atoms with E-state index in [-0.39, 0.29) is 17.9 Å². The van der Waals surface area contributed by atoms with Gasteiger partial charge >= 0.3 is 5.97 Å². The van der Waals surface area contributed by atoms with E-state index in [0.717, 1.165) is 6.42 Å². The first-order valence-electron chi connectivity index (χ1n) is 5.21. The largest absolute Gasteiger partial charge is 0.481 e. The molecule has 1 unspecified atom stereocenters. The van der Waals surface area contributed by atoms with E-state index in [2.05, 4.69) is 0 Å². The smallest absolute Gasteiger partial charge is 0.310 e. The predicted molar refractivity (Wildman–Crippen MR) is 57.4 cm³/mol. The second kappa shape index (κ2) is 4.12. The van der Waals surface area contributed by atoms with Crippen molar-refractivity contribution in [1.82, 2.24) is 0 Å². The first-order valence-corrected chi connectivity index (χ1v) is 7.03. The molecule has 0 aliphatic carbocycles. The minimum atomic E-state index is -3.13. The van der Waals surface area contributed by atoms with Crippen LogP contribution in [0.3, 0.4) is 0 Å². The first-order chi connectivity index (χ1) is 6.77. The topological polar surface area (TPSA) is 71.4 Å². The summed E-state index contributed by atoms with van der Waals surface area (Å²) in [6.45, 7) is 4.03. The van der Waals surface area contributed by atoms with Gasteiger partial charge in [-0.15, -0.1) is 0 Å². The molecule has 5 heteroatoms. The minimum Gasteiger partial charge on any atom is -0.481 e. The van der Waals surface area contributed by atoms with Gasteiger partial charge in [-0.3, -0.25) is 4.79 Å². The van der Waals surface area contributed by atoms with Gasteiger partial charge in [0.05, 0.1) is 16.9 Å². The standard InChI is InChI=1S/C10H18O4S/c1-8(2)3-4-10(9(11)12)5-6-15(13,14)7-10/h8H,3-7H2,1-2H3,(H,11,12). The van der Waals surface area contributed by atoms with Crippen molar-refractivity contribution in [1.29, 1.82) is 0 Å². The van der Waals surface area contributed by atoms with Crippen LogP contribution in [0, 0.1) is 11.3 Å². The Morgan fingerprint density at radius 2 is 2.07 bits per heavy atom. The lowest BCUT2D eigenvalue weighted by Crippen LogP contribution is -2.32. The average Bonchev–Trinajstić information content (AvgIpc) is 2.40. The van der Waals surface area contributed by atoms with Crippen LogP contribution in [0.25, 0.3) is 0 Å². The maximum atomic E-state index is 11.3. The van der Waals surface area contributed by atoms with Gasteiger partial charge in [0.2, 0.25) is 0 Å². The molecule has 1 saturated heterocycles. The summed E-state index contributed by atoms with van der Waals surface area (Å²) in [5.41, 5.74) is -1.01. The molecule has 0 amide bonds. The molecule has 1 atom stereocenters. The Morgan fingerprint density at radius 3 is 2.40 bits per heavy atom. The number of rotatable bonds is 4. The molecule has 88 valence electrons. The molecule has 1 N–H and O–H groups in total. The summed E-state index contributed by atoms with van der Waals surface area (Å²) in [4.78, 5) is 11.2. The van der Waals surface area contributed by atoms with Crippen LogP contribution >= 0.6 is 0 Å². The van der Waals surface area contributed by atoms with Gasteiger partial charge in [0.25, 0.3) is 0 Å². The molecule has 1 heterocycles. The van der Waals surface area contributed by atoms with Gasteiger partial charge in [-0.05, 0) is 25.2 Å². The number of sulfone groups is 1. The molecule has 0 spiro atoms.